The van der Waals surface area contributed by atoms with Crippen LogP contribution in [-0.2, 0) is 6.54 Å². The molecule has 0 saturated carbocycles. The van der Waals surface area contributed by atoms with Crippen molar-refractivity contribution >= 4 is 11.0 Å². The Morgan fingerprint density at radius 3 is 2.73 bits per heavy atom. The quantitative estimate of drug-likeness (QED) is 0.396. The number of benzene rings is 2. The standard InChI is InChI=1S/C26H28FN5O/c1-3-32(12-11-28-15-24(32)18-7-5-4-6-8-18)16-19-13-23(21-10-9-20(33)14-22(21)27)29-26-25(19)17(2)30-31-26/h4-10,13-14,24,28H,3,11-12,15-16H2,1-2H3,(H-,29,30,31,33)/p+1. The van der Waals surface area contributed by atoms with Crippen molar-refractivity contribution in [1.82, 2.24) is 20.5 Å². The molecule has 0 radical (unpaired) electrons. The van der Waals surface area contributed by atoms with E-state index in [0.29, 0.717) is 22.9 Å². The maximum Gasteiger partial charge on any atom is 0.156 e. The number of likely N-dealkylation sites (N-methyl/N-ethyl adjacent to an activating group) is 1. The number of phenols is 1. The molecule has 2 atom stereocenters. The van der Waals surface area contributed by atoms with Crippen LogP contribution >= 0.6 is 0 Å². The Kier molecular flexibility index (Phi) is 5.60. The SMILES string of the molecule is CC[N+]1(Cc2cc(-c3ccc(O)cc3F)nc3[nH]nc(C)c23)CCNCC1c1ccccc1. The van der Waals surface area contributed by atoms with Crippen LogP contribution in [0.3, 0.4) is 0 Å². The number of quaternary nitrogens is 1. The summed E-state index contributed by atoms with van der Waals surface area (Å²) in [6.45, 7) is 8.87. The highest BCUT2D eigenvalue weighted by molar-refractivity contribution is 5.84. The van der Waals surface area contributed by atoms with E-state index >= 15 is 0 Å². The molecule has 0 spiro atoms. The van der Waals surface area contributed by atoms with Gasteiger partial charge in [-0.05, 0) is 32.0 Å². The Labute approximate surface area is 192 Å². The van der Waals surface area contributed by atoms with Crippen LogP contribution in [-0.4, -0.2) is 50.9 Å². The van der Waals surface area contributed by atoms with Gasteiger partial charge in [0, 0.05) is 29.3 Å². The van der Waals surface area contributed by atoms with Gasteiger partial charge in [-0.3, -0.25) is 5.10 Å². The molecular formula is C26H29FN5O+. The summed E-state index contributed by atoms with van der Waals surface area (Å²) in [7, 11) is 0. The number of pyridine rings is 1. The number of aromatic amines is 1. The first-order valence-electron chi connectivity index (χ1n) is 11.5. The Hall–Kier alpha value is -3.29. The summed E-state index contributed by atoms with van der Waals surface area (Å²) in [5, 5.41) is 21.7. The van der Waals surface area contributed by atoms with Crippen LogP contribution in [0.1, 0.15) is 29.8 Å². The zero-order valence-electron chi connectivity index (χ0n) is 19.0. The molecule has 0 amide bonds. The highest BCUT2D eigenvalue weighted by Gasteiger charge is 2.39. The molecule has 2 aromatic carbocycles. The molecule has 4 aromatic rings. The molecule has 170 valence electrons. The Morgan fingerprint density at radius 1 is 1.15 bits per heavy atom. The second-order valence-electron chi connectivity index (χ2n) is 8.91. The minimum absolute atomic E-state index is 0.100. The van der Waals surface area contributed by atoms with Crippen LogP contribution in [0.4, 0.5) is 4.39 Å². The van der Waals surface area contributed by atoms with Gasteiger partial charge >= 0.3 is 0 Å². The third-order valence-electron chi connectivity index (χ3n) is 7.05. The summed E-state index contributed by atoms with van der Waals surface area (Å²) in [6.07, 6.45) is 0. The van der Waals surface area contributed by atoms with E-state index in [1.54, 1.807) is 6.07 Å². The average molecular weight is 447 g/mol. The fourth-order valence-electron chi connectivity index (χ4n) is 5.27. The van der Waals surface area contributed by atoms with Gasteiger partial charge in [0.1, 0.15) is 24.2 Å². The first-order chi connectivity index (χ1) is 16.0. The molecule has 0 bridgehead atoms. The van der Waals surface area contributed by atoms with Gasteiger partial charge in [0.15, 0.2) is 5.65 Å². The van der Waals surface area contributed by atoms with Crippen molar-refractivity contribution in [3.63, 3.8) is 0 Å². The van der Waals surface area contributed by atoms with Crippen LogP contribution in [0.2, 0.25) is 0 Å². The molecule has 5 rings (SSSR count). The molecule has 1 aliphatic heterocycles. The number of hydrogen-bond acceptors (Lipinski definition) is 4. The van der Waals surface area contributed by atoms with E-state index in [2.05, 4.69) is 57.8 Å². The number of fused-ring (bicyclic) bond motifs is 1. The molecule has 7 heteroatoms. The molecule has 1 fully saturated rings. The van der Waals surface area contributed by atoms with Gasteiger partial charge in [-0.15, -0.1) is 0 Å². The lowest BCUT2D eigenvalue weighted by molar-refractivity contribution is -0.969. The van der Waals surface area contributed by atoms with Crippen LogP contribution in [0.15, 0.2) is 54.6 Å². The average Bonchev–Trinajstić information content (AvgIpc) is 3.20. The van der Waals surface area contributed by atoms with Crippen molar-refractivity contribution in [3.05, 3.63) is 77.2 Å². The molecule has 2 aromatic heterocycles. The predicted molar refractivity (Wildman–Crippen MR) is 127 cm³/mol. The highest BCUT2D eigenvalue weighted by atomic mass is 19.1. The van der Waals surface area contributed by atoms with Gasteiger partial charge in [-0.25, -0.2) is 9.37 Å². The van der Waals surface area contributed by atoms with Crippen molar-refractivity contribution in [2.75, 3.05) is 26.2 Å². The molecule has 33 heavy (non-hydrogen) atoms. The lowest BCUT2D eigenvalue weighted by Gasteiger charge is -2.48. The van der Waals surface area contributed by atoms with Crippen molar-refractivity contribution in [2.45, 2.75) is 26.4 Å². The van der Waals surface area contributed by atoms with Crippen molar-refractivity contribution < 1.29 is 14.0 Å². The fraction of sp³-hybridized carbons (Fsp3) is 0.308. The first-order valence-corrected chi connectivity index (χ1v) is 11.5. The van der Waals surface area contributed by atoms with E-state index < -0.39 is 5.82 Å². The van der Waals surface area contributed by atoms with E-state index in [1.807, 2.05) is 13.0 Å². The van der Waals surface area contributed by atoms with Gasteiger partial charge in [-0.1, -0.05) is 30.3 Å². The number of aryl methyl sites for hydroxylation is 1. The summed E-state index contributed by atoms with van der Waals surface area (Å²) in [5.74, 6) is -0.593. The molecular weight excluding hydrogens is 417 g/mol. The van der Waals surface area contributed by atoms with Gasteiger partial charge in [0.05, 0.1) is 36.4 Å². The number of hydrogen-bond donors (Lipinski definition) is 3. The number of rotatable bonds is 5. The third-order valence-corrected chi connectivity index (χ3v) is 7.05. The van der Waals surface area contributed by atoms with E-state index in [-0.39, 0.29) is 5.75 Å². The van der Waals surface area contributed by atoms with E-state index in [0.717, 1.165) is 59.9 Å². The zero-order chi connectivity index (χ0) is 23.0. The zero-order valence-corrected chi connectivity index (χ0v) is 19.0. The summed E-state index contributed by atoms with van der Waals surface area (Å²) in [6, 6.07) is 17.2. The first kappa shape index (κ1) is 21.6. The van der Waals surface area contributed by atoms with E-state index in [9.17, 15) is 9.50 Å². The molecule has 1 saturated heterocycles. The van der Waals surface area contributed by atoms with Crippen LogP contribution in [0.25, 0.3) is 22.3 Å². The number of nitrogens with one attached hydrogen (secondary N) is 2. The van der Waals surface area contributed by atoms with E-state index in [1.165, 1.54) is 11.6 Å². The smallest absolute Gasteiger partial charge is 0.156 e. The number of H-pyrrole nitrogens is 1. The lowest BCUT2D eigenvalue weighted by Crippen LogP contribution is -2.59. The van der Waals surface area contributed by atoms with Crippen LogP contribution in [0.5, 0.6) is 5.75 Å². The maximum atomic E-state index is 14.7. The van der Waals surface area contributed by atoms with Gasteiger partial charge in [-0.2, -0.15) is 5.10 Å². The van der Waals surface area contributed by atoms with Crippen molar-refractivity contribution in [1.29, 1.82) is 0 Å². The molecule has 3 heterocycles. The lowest BCUT2D eigenvalue weighted by atomic mass is 9.96. The van der Waals surface area contributed by atoms with Crippen LogP contribution in [0, 0.1) is 12.7 Å². The van der Waals surface area contributed by atoms with Gasteiger partial charge in [0.2, 0.25) is 0 Å². The predicted octanol–water partition coefficient (Wildman–Crippen LogP) is 4.46. The topological polar surface area (TPSA) is 73.8 Å². The Balaban J connectivity index is 1.64. The summed E-state index contributed by atoms with van der Waals surface area (Å²) in [4.78, 5) is 4.68. The van der Waals surface area contributed by atoms with E-state index in [4.69, 9.17) is 0 Å². The van der Waals surface area contributed by atoms with Crippen LogP contribution < -0.4 is 5.32 Å². The largest absolute Gasteiger partial charge is 0.508 e. The summed E-state index contributed by atoms with van der Waals surface area (Å²) < 4.78 is 15.6. The third kappa shape index (κ3) is 3.87. The normalized spacial score (nSPS) is 20.9. The number of halogens is 1. The summed E-state index contributed by atoms with van der Waals surface area (Å²) in [5.41, 5.74) is 4.90. The molecule has 3 N–H and O–H groups in total. The monoisotopic (exact) mass is 446 g/mol. The Morgan fingerprint density at radius 2 is 1.97 bits per heavy atom. The molecule has 0 aliphatic carbocycles. The minimum atomic E-state index is -0.493. The number of aromatic hydroxyl groups is 1. The molecule has 6 nitrogen and oxygen atoms in total. The molecule has 1 aliphatic rings. The number of phenolic OH excluding ortho intramolecular Hbond substituents is 1. The number of piperazine rings is 1. The maximum absolute atomic E-state index is 14.7. The Bertz CT molecular complexity index is 1290. The minimum Gasteiger partial charge on any atom is -0.508 e. The second-order valence-corrected chi connectivity index (χ2v) is 8.91. The fourth-order valence-corrected chi connectivity index (χ4v) is 5.27. The van der Waals surface area contributed by atoms with Gasteiger partial charge in [0.25, 0.3) is 0 Å². The number of nitrogens with zero attached hydrogens (tertiary/aromatic N) is 3. The van der Waals surface area contributed by atoms with Crippen molar-refractivity contribution in [2.24, 2.45) is 0 Å². The summed E-state index contributed by atoms with van der Waals surface area (Å²) >= 11 is 0. The highest BCUT2D eigenvalue weighted by Crippen LogP contribution is 2.36. The second kappa shape index (κ2) is 8.57. The molecule has 2 unspecified atom stereocenters. The number of aromatic nitrogens is 3. The van der Waals surface area contributed by atoms with Gasteiger partial charge < -0.3 is 14.9 Å². The van der Waals surface area contributed by atoms with Crippen molar-refractivity contribution in [3.8, 4) is 17.0 Å².